The van der Waals surface area contributed by atoms with Gasteiger partial charge in [-0.25, -0.2) is 0 Å². The summed E-state index contributed by atoms with van der Waals surface area (Å²) in [6.45, 7) is 5.38. The number of nitrogens with zero attached hydrogens (tertiary/aromatic N) is 2. The summed E-state index contributed by atoms with van der Waals surface area (Å²) in [4.78, 5) is 0. The summed E-state index contributed by atoms with van der Waals surface area (Å²) in [5, 5.41) is 9.46. The minimum Gasteiger partial charge on any atom is -0.307 e. The van der Waals surface area contributed by atoms with Gasteiger partial charge in [0.2, 0.25) is 0 Å². The van der Waals surface area contributed by atoms with Gasteiger partial charge in [-0.3, -0.25) is 4.68 Å². The van der Waals surface area contributed by atoms with E-state index in [0.29, 0.717) is 12.1 Å². The van der Waals surface area contributed by atoms with Crippen LogP contribution in [0, 0.1) is 0 Å². The molecular formula is C12H14BrN3. The van der Waals surface area contributed by atoms with E-state index in [2.05, 4.69) is 58.0 Å². The third kappa shape index (κ3) is 1.40. The Bertz CT molecular complexity index is 546. The first-order valence-electron chi connectivity index (χ1n) is 5.58. The standard InChI is InChI=1S/C12H14BrN3/c1-7-6-14-8(2)12-10-4-3-9(13)5-11(10)15-16(7)12/h3-5,7-8,14H,6H2,1-2H3/t7-,8+/m1/s1. The molecule has 0 fully saturated rings. The first-order valence-corrected chi connectivity index (χ1v) is 6.37. The van der Waals surface area contributed by atoms with E-state index >= 15 is 0 Å². The molecule has 84 valence electrons. The molecule has 1 aromatic carbocycles. The topological polar surface area (TPSA) is 29.9 Å². The highest BCUT2D eigenvalue weighted by molar-refractivity contribution is 9.10. The Balaban J connectivity index is 2.32. The summed E-state index contributed by atoms with van der Waals surface area (Å²) in [5.74, 6) is 0. The van der Waals surface area contributed by atoms with Crippen molar-refractivity contribution in [3.05, 3.63) is 28.4 Å². The molecule has 1 N–H and O–H groups in total. The Morgan fingerprint density at radius 2 is 2.25 bits per heavy atom. The number of fused-ring (bicyclic) bond motifs is 3. The average Bonchev–Trinajstić information content (AvgIpc) is 2.63. The van der Waals surface area contributed by atoms with Crippen LogP contribution in [0.2, 0.25) is 0 Å². The minimum absolute atomic E-state index is 0.377. The summed E-state index contributed by atoms with van der Waals surface area (Å²) in [6.07, 6.45) is 0. The molecule has 3 rings (SSSR count). The minimum atomic E-state index is 0.377. The second-order valence-corrected chi connectivity index (χ2v) is 5.39. The maximum absolute atomic E-state index is 4.69. The predicted octanol–water partition coefficient (Wildman–Crippen LogP) is 3.02. The number of benzene rings is 1. The summed E-state index contributed by atoms with van der Waals surface area (Å²) >= 11 is 3.49. The first kappa shape index (κ1) is 10.3. The van der Waals surface area contributed by atoms with Crippen molar-refractivity contribution < 1.29 is 0 Å². The van der Waals surface area contributed by atoms with Gasteiger partial charge in [-0.1, -0.05) is 15.9 Å². The fourth-order valence-corrected chi connectivity index (χ4v) is 2.74. The molecule has 2 atom stereocenters. The summed E-state index contributed by atoms with van der Waals surface area (Å²) in [5.41, 5.74) is 2.38. The number of rotatable bonds is 0. The molecule has 0 bridgehead atoms. The highest BCUT2D eigenvalue weighted by Crippen LogP contribution is 2.31. The maximum Gasteiger partial charge on any atom is 0.0938 e. The molecule has 0 spiro atoms. The second kappa shape index (κ2) is 3.57. The van der Waals surface area contributed by atoms with Crippen LogP contribution < -0.4 is 5.32 Å². The van der Waals surface area contributed by atoms with Crippen molar-refractivity contribution in [1.29, 1.82) is 0 Å². The van der Waals surface area contributed by atoms with Crippen LogP contribution in [0.5, 0.6) is 0 Å². The lowest BCUT2D eigenvalue weighted by Gasteiger charge is -2.27. The molecule has 2 heterocycles. The van der Waals surface area contributed by atoms with Gasteiger partial charge in [0.15, 0.2) is 0 Å². The molecule has 16 heavy (non-hydrogen) atoms. The Kier molecular flexibility index (Phi) is 2.30. The van der Waals surface area contributed by atoms with Gasteiger partial charge in [-0.2, -0.15) is 5.10 Å². The van der Waals surface area contributed by atoms with Crippen molar-refractivity contribution in [3.8, 4) is 0 Å². The third-order valence-electron chi connectivity index (χ3n) is 3.25. The zero-order valence-corrected chi connectivity index (χ0v) is 11.0. The van der Waals surface area contributed by atoms with Crippen LogP contribution in [0.4, 0.5) is 0 Å². The molecule has 2 aromatic rings. The van der Waals surface area contributed by atoms with Crippen LogP contribution in [-0.2, 0) is 0 Å². The lowest BCUT2D eigenvalue weighted by Crippen LogP contribution is -2.34. The van der Waals surface area contributed by atoms with Gasteiger partial charge in [0.05, 0.1) is 17.3 Å². The molecular weight excluding hydrogens is 266 g/mol. The second-order valence-electron chi connectivity index (χ2n) is 4.47. The SMILES string of the molecule is C[C@@H]1NC[C@@H](C)n2nc3cc(Br)ccc3c21. The Hall–Kier alpha value is -0.870. The van der Waals surface area contributed by atoms with Crippen molar-refractivity contribution in [2.75, 3.05) is 6.54 Å². The third-order valence-corrected chi connectivity index (χ3v) is 3.74. The van der Waals surface area contributed by atoms with Crippen LogP contribution in [0.3, 0.4) is 0 Å². The van der Waals surface area contributed by atoms with Gasteiger partial charge < -0.3 is 5.32 Å². The molecule has 0 saturated heterocycles. The van der Waals surface area contributed by atoms with Gasteiger partial charge in [-0.05, 0) is 32.0 Å². The van der Waals surface area contributed by atoms with E-state index in [1.165, 1.54) is 11.1 Å². The molecule has 1 aliphatic rings. The van der Waals surface area contributed by atoms with E-state index in [1.54, 1.807) is 0 Å². The Morgan fingerprint density at radius 1 is 1.44 bits per heavy atom. The average molecular weight is 280 g/mol. The number of hydrogen-bond acceptors (Lipinski definition) is 2. The number of hydrogen-bond donors (Lipinski definition) is 1. The van der Waals surface area contributed by atoms with E-state index in [4.69, 9.17) is 5.10 Å². The van der Waals surface area contributed by atoms with Crippen molar-refractivity contribution in [2.24, 2.45) is 0 Å². The van der Waals surface area contributed by atoms with Crippen molar-refractivity contribution in [2.45, 2.75) is 25.9 Å². The van der Waals surface area contributed by atoms with Gasteiger partial charge in [-0.15, -0.1) is 0 Å². The fraction of sp³-hybridized carbons (Fsp3) is 0.417. The molecule has 0 unspecified atom stereocenters. The maximum atomic E-state index is 4.69. The summed E-state index contributed by atoms with van der Waals surface area (Å²) in [6, 6.07) is 7.12. The van der Waals surface area contributed by atoms with E-state index in [-0.39, 0.29) is 0 Å². The van der Waals surface area contributed by atoms with Crippen molar-refractivity contribution in [3.63, 3.8) is 0 Å². The van der Waals surface area contributed by atoms with E-state index in [0.717, 1.165) is 16.5 Å². The van der Waals surface area contributed by atoms with Crippen LogP contribution in [-0.4, -0.2) is 16.3 Å². The first-order chi connectivity index (χ1) is 7.66. The number of aromatic nitrogens is 2. The van der Waals surface area contributed by atoms with Gasteiger partial charge >= 0.3 is 0 Å². The lowest BCUT2D eigenvalue weighted by molar-refractivity contribution is 0.356. The number of halogens is 1. The monoisotopic (exact) mass is 279 g/mol. The molecule has 0 saturated carbocycles. The highest BCUT2D eigenvalue weighted by Gasteiger charge is 2.24. The van der Waals surface area contributed by atoms with Gasteiger partial charge in [0.25, 0.3) is 0 Å². The molecule has 1 aromatic heterocycles. The lowest BCUT2D eigenvalue weighted by atomic mass is 10.1. The van der Waals surface area contributed by atoms with Crippen molar-refractivity contribution >= 4 is 26.8 Å². The van der Waals surface area contributed by atoms with Crippen LogP contribution >= 0.6 is 15.9 Å². The highest BCUT2D eigenvalue weighted by atomic mass is 79.9. The predicted molar refractivity (Wildman–Crippen MR) is 68.6 cm³/mol. The number of nitrogens with one attached hydrogen (secondary N) is 1. The quantitative estimate of drug-likeness (QED) is 0.804. The van der Waals surface area contributed by atoms with Crippen LogP contribution in [0.1, 0.15) is 31.6 Å². The van der Waals surface area contributed by atoms with Crippen molar-refractivity contribution in [1.82, 2.24) is 15.1 Å². The van der Waals surface area contributed by atoms with Gasteiger partial charge in [0, 0.05) is 22.4 Å². The molecule has 0 aliphatic carbocycles. The molecule has 0 radical (unpaired) electrons. The van der Waals surface area contributed by atoms with Crippen LogP contribution in [0.25, 0.3) is 10.9 Å². The zero-order valence-electron chi connectivity index (χ0n) is 9.37. The van der Waals surface area contributed by atoms with Gasteiger partial charge in [0.1, 0.15) is 0 Å². The molecule has 4 heteroatoms. The molecule has 1 aliphatic heterocycles. The summed E-state index contributed by atoms with van der Waals surface area (Å²) < 4.78 is 3.25. The molecule has 0 amide bonds. The summed E-state index contributed by atoms with van der Waals surface area (Å²) in [7, 11) is 0. The zero-order chi connectivity index (χ0) is 11.3. The normalized spacial score (nSPS) is 24.7. The van der Waals surface area contributed by atoms with Crippen LogP contribution in [0.15, 0.2) is 22.7 Å². The Labute approximate surface area is 103 Å². The van der Waals surface area contributed by atoms with E-state index < -0.39 is 0 Å². The van der Waals surface area contributed by atoms with E-state index in [9.17, 15) is 0 Å². The smallest absolute Gasteiger partial charge is 0.0938 e. The fourth-order valence-electron chi connectivity index (χ4n) is 2.40. The molecule has 3 nitrogen and oxygen atoms in total. The largest absolute Gasteiger partial charge is 0.307 e. The van der Waals surface area contributed by atoms with E-state index in [1.807, 2.05) is 0 Å². The Morgan fingerprint density at radius 3 is 3.06 bits per heavy atom.